The molecule has 4 rings (SSSR count). The minimum Gasteiger partial charge on any atom is -0.311 e. The monoisotopic (exact) mass is 356 g/mol. The number of fused-ring (bicyclic) bond motifs is 1. The normalized spacial score (nSPS) is 17.7. The molecule has 25 heavy (non-hydrogen) atoms. The lowest BCUT2D eigenvalue weighted by Crippen LogP contribution is -2.50. The number of benzene rings is 2. The fourth-order valence-corrected chi connectivity index (χ4v) is 4.08. The third-order valence-electron chi connectivity index (χ3n) is 5.41. The van der Waals surface area contributed by atoms with Gasteiger partial charge in [0.25, 0.3) is 5.69 Å². The molecule has 2 aromatic carbocycles. The van der Waals surface area contributed by atoms with Crippen LogP contribution in [0.1, 0.15) is 30.4 Å². The number of hydrogen-bond acceptors (Lipinski definition) is 3. The van der Waals surface area contributed by atoms with Gasteiger partial charge in [0.2, 0.25) is 5.91 Å². The Balaban J connectivity index is 1.73. The van der Waals surface area contributed by atoms with Crippen LogP contribution in [-0.4, -0.2) is 17.4 Å². The van der Waals surface area contributed by atoms with Gasteiger partial charge in [-0.1, -0.05) is 36.2 Å². The van der Waals surface area contributed by atoms with Crippen molar-refractivity contribution in [2.75, 3.05) is 11.4 Å². The Morgan fingerprint density at radius 2 is 2.00 bits per heavy atom. The summed E-state index contributed by atoms with van der Waals surface area (Å²) in [7, 11) is 0. The lowest BCUT2D eigenvalue weighted by molar-refractivity contribution is -0.384. The van der Waals surface area contributed by atoms with Crippen molar-refractivity contribution in [2.45, 2.75) is 31.1 Å². The zero-order valence-corrected chi connectivity index (χ0v) is 14.3. The predicted octanol–water partition coefficient (Wildman–Crippen LogP) is 4.26. The first-order valence-electron chi connectivity index (χ1n) is 8.37. The third-order valence-corrected chi connectivity index (χ3v) is 5.65. The van der Waals surface area contributed by atoms with Crippen LogP contribution in [0.3, 0.4) is 0 Å². The smallest absolute Gasteiger partial charge is 0.271 e. The molecule has 1 aliphatic carbocycles. The van der Waals surface area contributed by atoms with Gasteiger partial charge in [0.15, 0.2) is 0 Å². The van der Waals surface area contributed by atoms with Crippen molar-refractivity contribution >= 4 is 28.9 Å². The molecule has 1 heterocycles. The summed E-state index contributed by atoms with van der Waals surface area (Å²) in [6.45, 7) is 0.567. The Labute approximate surface area is 150 Å². The summed E-state index contributed by atoms with van der Waals surface area (Å²) in [4.78, 5) is 25.8. The second-order valence-corrected chi connectivity index (χ2v) is 7.16. The van der Waals surface area contributed by atoms with E-state index in [0.29, 0.717) is 17.3 Å². The van der Waals surface area contributed by atoms with E-state index in [1.165, 1.54) is 12.1 Å². The van der Waals surface area contributed by atoms with Crippen molar-refractivity contribution in [3.8, 4) is 0 Å². The van der Waals surface area contributed by atoms with Crippen molar-refractivity contribution in [3.05, 3.63) is 68.7 Å². The molecular weight excluding hydrogens is 340 g/mol. The van der Waals surface area contributed by atoms with Gasteiger partial charge >= 0.3 is 0 Å². The number of anilines is 1. The van der Waals surface area contributed by atoms with Crippen LogP contribution >= 0.6 is 11.6 Å². The van der Waals surface area contributed by atoms with E-state index in [1.807, 2.05) is 18.2 Å². The molecule has 0 atom stereocenters. The topological polar surface area (TPSA) is 63.5 Å². The van der Waals surface area contributed by atoms with Crippen LogP contribution in [0.4, 0.5) is 11.4 Å². The van der Waals surface area contributed by atoms with Crippen molar-refractivity contribution < 1.29 is 9.72 Å². The van der Waals surface area contributed by atoms with Crippen LogP contribution in [0.15, 0.2) is 42.5 Å². The zero-order chi connectivity index (χ0) is 17.6. The average Bonchev–Trinajstić information content (AvgIpc) is 2.96. The second kappa shape index (κ2) is 5.85. The van der Waals surface area contributed by atoms with Gasteiger partial charge in [-0.05, 0) is 42.5 Å². The van der Waals surface area contributed by atoms with Gasteiger partial charge in [0.1, 0.15) is 0 Å². The highest BCUT2D eigenvalue weighted by Gasteiger charge is 2.49. The number of nitro groups is 1. The van der Waals surface area contributed by atoms with Crippen LogP contribution in [0.5, 0.6) is 0 Å². The van der Waals surface area contributed by atoms with Crippen LogP contribution in [-0.2, 0) is 16.6 Å². The summed E-state index contributed by atoms with van der Waals surface area (Å²) in [6.07, 6.45) is 3.29. The molecule has 0 radical (unpaired) electrons. The minimum absolute atomic E-state index is 0.0175. The van der Waals surface area contributed by atoms with Gasteiger partial charge in [-0.2, -0.15) is 0 Å². The number of hydrogen-bond donors (Lipinski definition) is 0. The Bertz CT molecular complexity index is 877. The molecule has 1 saturated carbocycles. The molecule has 1 fully saturated rings. The quantitative estimate of drug-likeness (QED) is 0.609. The molecule has 0 bridgehead atoms. The molecule has 0 saturated heterocycles. The molecule has 1 amide bonds. The van der Waals surface area contributed by atoms with E-state index in [0.717, 1.165) is 36.8 Å². The van der Waals surface area contributed by atoms with Gasteiger partial charge in [0.05, 0.1) is 16.0 Å². The summed E-state index contributed by atoms with van der Waals surface area (Å²) in [5.74, 6) is 0.0280. The van der Waals surface area contributed by atoms with Gasteiger partial charge in [-0.3, -0.25) is 14.9 Å². The average molecular weight is 357 g/mol. The number of halogens is 1. The van der Waals surface area contributed by atoms with E-state index in [9.17, 15) is 14.9 Å². The SMILES string of the molecule is O=C(N1CCc2ccc([N+](=O)[O-])cc21)C1(c2cccc(Cl)c2)CCC1. The van der Waals surface area contributed by atoms with E-state index in [-0.39, 0.29) is 11.6 Å². The van der Waals surface area contributed by atoms with E-state index >= 15 is 0 Å². The number of carbonyl (C=O) groups excluding carboxylic acids is 1. The molecule has 0 aromatic heterocycles. The maximum absolute atomic E-state index is 13.4. The fourth-order valence-electron chi connectivity index (χ4n) is 3.89. The van der Waals surface area contributed by atoms with Gasteiger partial charge in [-0.15, -0.1) is 0 Å². The van der Waals surface area contributed by atoms with Crippen LogP contribution in [0.25, 0.3) is 0 Å². The first-order valence-corrected chi connectivity index (χ1v) is 8.74. The van der Waals surface area contributed by atoms with Crippen molar-refractivity contribution in [2.24, 2.45) is 0 Å². The van der Waals surface area contributed by atoms with Gasteiger partial charge < -0.3 is 4.90 Å². The summed E-state index contributed by atoms with van der Waals surface area (Å²) >= 11 is 6.13. The molecule has 6 heteroatoms. The van der Waals surface area contributed by atoms with Gasteiger partial charge in [0, 0.05) is 23.7 Å². The first-order chi connectivity index (χ1) is 12.0. The highest BCUT2D eigenvalue weighted by Crippen LogP contribution is 2.47. The molecule has 2 aliphatic rings. The molecule has 1 aliphatic heterocycles. The molecule has 128 valence electrons. The summed E-state index contributed by atoms with van der Waals surface area (Å²) in [6, 6.07) is 12.3. The number of carbonyl (C=O) groups is 1. The maximum atomic E-state index is 13.4. The van der Waals surface area contributed by atoms with E-state index in [4.69, 9.17) is 11.6 Å². The Morgan fingerprint density at radius 1 is 1.20 bits per heavy atom. The fraction of sp³-hybridized carbons (Fsp3) is 0.316. The summed E-state index contributed by atoms with van der Waals surface area (Å²) < 4.78 is 0. The van der Waals surface area contributed by atoms with Crippen LogP contribution < -0.4 is 4.90 Å². The highest BCUT2D eigenvalue weighted by molar-refractivity contribution is 6.30. The van der Waals surface area contributed by atoms with Crippen molar-refractivity contribution in [1.29, 1.82) is 0 Å². The molecule has 0 unspecified atom stereocenters. The number of rotatable bonds is 3. The Hall–Kier alpha value is -2.40. The first kappa shape index (κ1) is 16.1. The number of amides is 1. The standard InChI is InChI=1S/C19H17ClN2O3/c20-15-4-1-3-14(11-15)19(8-2-9-19)18(23)21-10-7-13-5-6-16(22(24)25)12-17(13)21/h1,3-6,11-12H,2,7-10H2. The Kier molecular flexibility index (Phi) is 3.76. The predicted molar refractivity (Wildman–Crippen MR) is 96.1 cm³/mol. The van der Waals surface area contributed by atoms with Crippen LogP contribution in [0, 0.1) is 10.1 Å². The minimum atomic E-state index is -0.558. The lowest BCUT2D eigenvalue weighted by Gasteiger charge is -2.43. The molecule has 0 N–H and O–H groups in total. The third kappa shape index (κ3) is 2.50. The second-order valence-electron chi connectivity index (χ2n) is 6.72. The lowest BCUT2D eigenvalue weighted by atomic mass is 9.63. The highest BCUT2D eigenvalue weighted by atomic mass is 35.5. The maximum Gasteiger partial charge on any atom is 0.271 e. The number of nitrogens with zero attached hydrogens (tertiary/aromatic N) is 2. The van der Waals surface area contributed by atoms with E-state index in [1.54, 1.807) is 17.0 Å². The largest absolute Gasteiger partial charge is 0.311 e. The van der Waals surface area contributed by atoms with Gasteiger partial charge in [-0.25, -0.2) is 0 Å². The molecular formula is C19H17ClN2O3. The van der Waals surface area contributed by atoms with Crippen molar-refractivity contribution in [3.63, 3.8) is 0 Å². The molecule has 0 spiro atoms. The van der Waals surface area contributed by atoms with Crippen molar-refractivity contribution in [1.82, 2.24) is 0 Å². The summed E-state index contributed by atoms with van der Waals surface area (Å²) in [5.41, 5.74) is 2.06. The number of non-ortho nitro benzene ring substituents is 1. The van der Waals surface area contributed by atoms with E-state index < -0.39 is 10.3 Å². The molecule has 5 nitrogen and oxygen atoms in total. The molecule has 2 aromatic rings. The van der Waals surface area contributed by atoms with E-state index in [2.05, 4.69) is 0 Å². The Morgan fingerprint density at radius 3 is 2.64 bits per heavy atom. The van der Waals surface area contributed by atoms with Crippen LogP contribution in [0.2, 0.25) is 5.02 Å². The number of nitro benzene ring substituents is 1. The summed E-state index contributed by atoms with van der Waals surface area (Å²) in [5, 5.41) is 11.7. The zero-order valence-electron chi connectivity index (χ0n) is 13.6.